The number of aromatic amines is 1. The number of hydrogen-bond acceptors (Lipinski definition) is 2. The molecule has 4 heteroatoms. The van der Waals surface area contributed by atoms with Crippen LogP contribution in [0.15, 0.2) is 18.2 Å². The summed E-state index contributed by atoms with van der Waals surface area (Å²) in [5.74, 6) is 1.31. The lowest BCUT2D eigenvalue weighted by atomic mass is 10.1. The molecule has 2 rings (SSSR count). The monoisotopic (exact) mass is 247 g/mol. The Balaban J connectivity index is 2.72. The number of benzene rings is 1. The molecule has 0 aliphatic rings. The summed E-state index contributed by atoms with van der Waals surface area (Å²) in [7, 11) is 0. The number of nitrogens with one attached hydrogen (secondary N) is 1. The Morgan fingerprint density at radius 2 is 2.00 bits per heavy atom. The minimum atomic E-state index is 0.336. The molecule has 0 saturated carbocycles. The normalized spacial score (nSPS) is 11.1. The zero-order chi connectivity index (χ0) is 12.6. The predicted octanol–water partition coefficient (Wildman–Crippen LogP) is 3.67. The van der Waals surface area contributed by atoms with Gasteiger partial charge in [-0.3, -0.25) is 9.67 Å². The minimum Gasteiger partial charge on any atom is -0.272 e. The number of aromatic nitrogens is 3. The minimum absolute atomic E-state index is 0.336. The Hall–Kier alpha value is -1.42. The van der Waals surface area contributed by atoms with Gasteiger partial charge in [0.2, 0.25) is 0 Å². The Morgan fingerprint density at radius 1 is 1.29 bits per heavy atom. The summed E-state index contributed by atoms with van der Waals surface area (Å²) in [6.07, 6.45) is 0. The lowest BCUT2D eigenvalue weighted by Crippen LogP contribution is -2.05. The molecule has 0 bridgehead atoms. The summed E-state index contributed by atoms with van der Waals surface area (Å²) in [5, 5.41) is 7.19. The van der Waals surface area contributed by atoms with E-state index in [4.69, 9.17) is 12.2 Å². The molecule has 0 fully saturated rings. The van der Waals surface area contributed by atoms with Crippen molar-refractivity contribution in [1.29, 1.82) is 0 Å². The van der Waals surface area contributed by atoms with Crippen molar-refractivity contribution in [3.63, 3.8) is 0 Å². The Morgan fingerprint density at radius 3 is 2.65 bits per heavy atom. The number of aryl methyl sites for hydroxylation is 2. The first-order chi connectivity index (χ1) is 8.00. The molecular weight excluding hydrogens is 230 g/mol. The van der Waals surface area contributed by atoms with Gasteiger partial charge in [-0.25, -0.2) is 0 Å². The van der Waals surface area contributed by atoms with Crippen molar-refractivity contribution in [3.05, 3.63) is 39.9 Å². The second-order valence-electron chi connectivity index (χ2n) is 4.67. The van der Waals surface area contributed by atoms with Crippen LogP contribution >= 0.6 is 12.2 Å². The van der Waals surface area contributed by atoms with Gasteiger partial charge in [0, 0.05) is 5.92 Å². The predicted molar refractivity (Wildman–Crippen MR) is 72.3 cm³/mol. The fourth-order valence-electron chi connectivity index (χ4n) is 1.89. The fraction of sp³-hybridized carbons (Fsp3) is 0.385. The lowest BCUT2D eigenvalue weighted by Gasteiger charge is -2.12. The van der Waals surface area contributed by atoms with Crippen LogP contribution in [0.25, 0.3) is 5.69 Å². The molecule has 1 aromatic heterocycles. The highest BCUT2D eigenvalue weighted by Gasteiger charge is 2.13. The maximum absolute atomic E-state index is 5.32. The largest absolute Gasteiger partial charge is 0.272 e. The van der Waals surface area contributed by atoms with E-state index in [1.807, 2.05) is 4.57 Å². The second kappa shape index (κ2) is 4.45. The van der Waals surface area contributed by atoms with Crippen molar-refractivity contribution in [1.82, 2.24) is 14.8 Å². The molecule has 0 radical (unpaired) electrons. The summed E-state index contributed by atoms with van der Waals surface area (Å²) < 4.78 is 2.69. The topological polar surface area (TPSA) is 33.6 Å². The first kappa shape index (κ1) is 12.0. The summed E-state index contributed by atoms with van der Waals surface area (Å²) in [5.41, 5.74) is 3.55. The van der Waals surface area contributed by atoms with Gasteiger partial charge in [0.05, 0.1) is 5.69 Å². The van der Waals surface area contributed by atoms with Crippen molar-refractivity contribution in [2.45, 2.75) is 33.6 Å². The molecule has 0 atom stereocenters. The molecule has 1 aromatic carbocycles. The van der Waals surface area contributed by atoms with Gasteiger partial charge in [-0.15, -0.1) is 0 Å². The van der Waals surface area contributed by atoms with Crippen LogP contribution < -0.4 is 0 Å². The zero-order valence-corrected chi connectivity index (χ0v) is 11.4. The highest BCUT2D eigenvalue weighted by atomic mass is 32.1. The number of rotatable bonds is 2. The zero-order valence-electron chi connectivity index (χ0n) is 10.6. The summed E-state index contributed by atoms with van der Waals surface area (Å²) >= 11 is 5.32. The average Bonchev–Trinajstić information content (AvgIpc) is 2.64. The van der Waals surface area contributed by atoms with Gasteiger partial charge < -0.3 is 0 Å². The summed E-state index contributed by atoms with van der Waals surface area (Å²) in [4.78, 5) is 0. The third kappa shape index (κ3) is 2.17. The van der Waals surface area contributed by atoms with Crippen LogP contribution in [-0.2, 0) is 0 Å². The van der Waals surface area contributed by atoms with Crippen LogP contribution in [0, 0.1) is 18.6 Å². The van der Waals surface area contributed by atoms with Crippen LogP contribution in [0.3, 0.4) is 0 Å². The Bertz CT molecular complexity index is 593. The van der Waals surface area contributed by atoms with Gasteiger partial charge in [0.1, 0.15) is 5.82 Å². The first-order valence-corrected chi connectivity index (χ1v) is 6.16. The molecular formula is C13H17N3S. The standard InChI is InChI=1S/C13H17N3S/c1-8(2)12-14-15-13(17)16(12)11-7-9(3)5-6-10(11)4/h5-8H,1-4H3,(H,15,17). The molecule has 3 nitrogen and oxygen atoms in total. The third-order valence-corrected chi connectivity index (χ3v) is 3.09. The van der Waals surface area contributed by atoms with Gasteiger partial charge in [0.15, 0.2) is 4.77 Å². The summed E-state index contributed by atoms with van der Waals surface area (Å²) in [6, 6.07) is 6.37. The van der Waals surface area contributed by atoms with Crippen molar-refractivity contribution >= 4 is 12.2 Å². The van der Waals surface area contributed by atoms with Crippen molar-refractivity contribution in [2.24, 2.45) is 0 Å². The second-order valence-corrected chi connectivity index (χ2v) is 5.05. The summed E-state index contributed by atoms with van der Waals surface area (Å²) in [6.45, 7) is 8.41. The number of H-pyrrole nitrogens is 1. The van der Waals surface area contributed by atoms with E-state index in [0.29, 0.717) is 10.7 Å². The van der Waals surface area contributed by atoms with E-state index in [0.717, 1.165) is 11.5 Å². The SMILES string of the molecule is Cc1ccc(C)c(-n2c(C(C)C)n[nH]c2=S)c1. The van der Waals surface area contributed by atoms with Crippen LogP contribution in [0.5, 0.6) is 0 Å². The first-order valence-electron chi connectivity index (χ1n) is 5.75. The third-order valence-electron chi connectivity index (χ3n) is 2.82. The van der Waals surface area contributed by atoms with Gasteiger partial charge >= 0.3 is 0 Å². The van der Waals surface area contributed by atoms with E-state index in [9.17, 15) is 0 Å². The van der Waals surface area contributed by atoms with Crippen LogP contribution in [0.2, 0.25) is 0 Å². The van der Waals surface area contributed by atoms with Crippen LogP contribution in [-0.4, -0.2) is 14.8 Å². The van der Waals surface area contributed by atoms with E-state index in [-0.39, 0.29) is 0 Å². The van der Waals surface area contributed by atoms with Gasteiger partial charge in [-0.05, 0) is 43.3 Å². The van der Waals surface area contributed by atoms with Crippen molar-refractivity contribution in [2.75, 3.05) is 0 Å². The Kier molecular flexibility index (Phi) is 3.15. The molecule has 90 valence electrons. The van der Waals surface area contributed by atoms with E-state index in [1.165, 1.54) is 11.1 Å². The smallest absolute Gasteiger partial charge is 0.199 e. The highest BCUT2D eigenvalue weighted by molar-refractivity contribution is 7.71. The average molecular weight is 247 g/mol. The molecule has 1 N–H and O–H groups in total. The van der Waals surface area contributed by atoms with E-state index < -0.39 is 0 Å². The number of hydrogen-bond donors (Lipinski definition) is 1. The van der Waals surface area contributed by atoms with Gasteiger partial charge in [-0.1, -0.05) is 26.0 Å². The number of nitrogens with zero attached hydrogens (tertiary/aromatic N) is 2. The Labute approximate surface area is 106 Å². The van der Waals surface area contributed by atoms with Crippen LogP contribution in [0.1, 0.15) is 36.7 Å². The molecule has 0 spiro atoms. The van der Waals surface area contributed by atoms with E-state index in [1.54, 1.807) is 0 Å². The molecule has 0 amide bonds. The molecule has 0 saturated heterocycles. The molecule has 17 heavy (non-hydrogen) atoms. The quantitative estimate of drug-likeness (QED) is 0.821. The van der Waals surface area contributed by atoms with E-state index >= 15 is 0 Å². The lowest BCUT2D eigenvalue weighted by molar-refractivity contribution is 0.742. The van der Waals surface area contributed by atoms with Crippen molar-refractivity contribution < 1.29 is 0 Å². The fourth-order valence-corrected chi connectivity index (χ4v) is 2.13. The van der Waals surface area contributed by atoms with E-state index in [2.05, 4.69) is 56.1 Å². The highest BCUT2D eigenvalue weighted by Crippen LogP contribution is 2.21. The maximum atomic E-state index is 5.32. The molecule has 2 aromatic rings. The van der Waals surface area contributed by atoms with Gasteiger partial charge in [-0.2, -0.15) is 5.10 Å². The van der Waals surface area contributed by atoms with Gasteiger partial charge in [0.25, 0.3) is 0 Å². The van der Waals surface area contributed by atoms with Crippen LogP contribution in [0.4, 0.5) is 0 Å². The molecule has 0 aliphatic carbocycles. The molecule has 0 aliphatic heterocycles. The maximum Gasteiger partial charge on any atom is 0.199 e. The van der Waals surface area contributed by atoms with Crippen molar-refractivity contribution in [3.8, 4) is 5.69 Å². The molecule has 1 heterocycles. The molecule has 0 unspecified atom stereocenters.